The van der Waals surface area contributed by atoms with Crippen molar-refractivity contribution in [2.24, 2.45) is 0 Å². The Labute approximate surface area is 119 Å². The minimum atomic E-state index is -0.240. The van der Waals surface area contributed by atoms with E-state index in [4.69, 9.17) is 11.6 Å². The second kappa shape index (κ2) is 6.66. The summed E-state index contributed by atoms with van der Waals surface area (Å²) in [5.74, 6) is -0.240. The largest absolute Gasteiger partial charge is 0.311 e. The molecule has 2 rings (SSSR count). The van der Waals surface area contributed by atoms with Crippen LogP contribution in [0.2, 0.25) is 5.02 Å². The summed E-state index contributed by atoms with van der Waals surface area (Å²) in [5, 5.41) is 3.98. The lowest BCUT2D eigenvalue weighted by Crippen LogP contribution is -2.53. The molecule has 1 saturated heterocycles. The molecule has 1 aliphatic rings. The average molecular weight is 286 g/mol. The van der Waals surface area contributed by atoms with Crippen LogP contribution in [-0.4, -0.2) is 56.1 Å². The van der Waals surface area contributed by atoms with Gasteiger partial charge in [-0.3, -0.25) is 4.90 Å². The molecule has 1 atom stereocenters. The normalized spacial score (nSPS) is 21.8. The van der Waals surface area contributed by atoms with Gasteiger partial charge in [-0.25, -0.2) is 4.39 Å². The molecule has 0 aliphatic carbocycles. The van der Waals surface area contributed by atoms with Gasteiger partial charge < -0.3 is 10.2 Å². The van der Waals surface area contributed by atoms with Crippen molar-refractivity contribution in [1.29, 1.82) is 0 Å². The minimum absolute atomic E-state index is 0.240. The fourth-order valence-electron chi connectivity index (χ4n) is 2.37. The molecule has 5 heteroatoms. The molecule has 1 aromatic carbocycles. The van der Waals surface area contributed by atoms with E-state index in [1.54, 1.807) is 6.07 Å². The molecule has 0 saturated carbocycles. The number of halogens is 2. The van der Waals surface area contributed by atoms with Crippen LogP contribution in [0.4, 0.5) is 4.39 Å². The SMILES string of the molecule is CN1CCN(C)C(CNCc2cc(F)ccc2Cl)C1. The molecule has 1 aliphatic heterocycles. The van der Waals surface area contributed by atoms with Crippen molar-refractivity contribution >= 4 is 11.6 Å². The summed E-state index contributed by atoms with van der Waals surface area (Å²) in [4.78, 5) is 4.70. The Morgan fingerprint density at radius 1 is 1.37 bits per heavy atom. The van der Waals surface area contributed by atoms with Crippen molar-refractivity contribution in [3.8, 4) is 0 Å². The Balaban J connectivity index is 1.84. The number of nitrogens with zero attached hydrogens (tertiary/aromatic N) is 2. The molecule has 3 nitrogen and oxygen atoms in total. The smallest absolute Gasteiger partial charge is 0.123 e. The molecule has 0 spiro atoms. The highest BCUT2D eigenvalue weighted by atomic mass is 35.5. The van der Waals surface area contributed by atoms with Gasteiger partial charge in [-0.1, -0.05) is 11.6 Å². The molecule has 19 heavy (non-hydrogen) atoms. The van der Waals surface area contributed by atoms with E-state index in [2.05, 4.69) is 29.2 Å². The molecule has 106 valence electrons. The quantitative estimate of drug-likeness (QED) is 0.910. The number of hydrogen-bond acceptors (Lipinski definition) is 3. The summed E-state index contributed by atoms with van der Waals surface area (Å²) in [5.41, 5.74) is 0.813. The molecule has 1 fully saturated rings. The summed E-state index contributed by atoms with van der Waals surface area (Å²) in [6.07, 6.45) is 0. The van der Waals surface area contributed by atoms with Crippen LogP contribution >= 0.6 is 11.6 Å². The molecule has 1 heterocycles. The van der Waals surface area contributed by atoms with E-state index in [-0.39, 0.29) is 5.82 Å². The summed E-state index contributed by atoms with van der Waals surface area (Å²) < 4.78 is 13.1. The first kappa shape index (κ1) is 14.7. The lowest BCUT2D eigenvalue weighted by Gasteiger charge is -2.37. The van der Waals surface area contributed by atoms with Gasteiger partial charge in [0, 0.05) is 43.8 Å². The third-order valence-electron chi connectivity index (χ3n) is 3.68. The van der Waals surface area contributed by atoms with Crippen LogP contribution < -0.4 is 5.32 Å². The van der Waals surface area contributed by atoms with E-state index in [1.807, 2.05) is 0 Å². The maximum absolute atomic E-state index is 13.1. The third kappa shape index (κ3) is 4.14. The first-order chi connectivity index (χ1) is 9.06. The highest BCUT2D eigenvalue weighted by Gasteiger charge is 2.21. The summed E-state index contributed by atoms with van der Waals surface area (Å²) in [6, 6.07) is 4.97. The summed E-state index contributed by atoms with van der Waals surface area (Å²) >= 11 is 6.04. The second-order valence-electron chi connectivity index (χ2n) is 5.26. The lowest BCUT2D eigenvalue weighted by molar-refractivity contribution is 0.113. The zero-order chi connectivity index (χ0) is 13.8. The monoisotopic (exact) mass is 285 g/mol. The molecule has 1 N–H and O–H groups in total. The van der Waals surface area contributed by atoms with Crippen molar-refractivity contribution in [2.45, 2.75) is 12.6 Å². The Bertz CT molecular complexity index is 427. The maximum atomic E-state index is 13.1. The maximum Gasteiger partial charge on any atom is 0.123 e. The van der Waals surface area contributed by atoms with Crippen LogP contribution in [0.5, 0.6) is 0 Å². The fraction of sp³-hybridized carbons (Fsp3) is 0.571. The zero-order valence-electron chi connectivity index (χ0n) is 11.5. The Morgan fingerprint density at radius 3 is 2.95 bits per heavy atom. The van der Waals surface area contributed by atoms with Crippen LogP contribution in [0.1, 0.15) is 5.56 Å². The van der Waals surface area contributed by atoms with Gasteiger partial charge in [-0.2, -0.15) is 0 Å². The van der Waals surface area contributed by atoms with Crippen LogP contribution in [-0.2, 0) is 6.54 Å². The first-order valence-corrected chi connectivity index (χ1v) is 6.97. The molecular formula is C14H21ClFN3. The predicted molar refractivity (Wildman–Crippen MR) is 77.0 cm³/mol. The van der Waals surface area contributed by atoms with Gasteiger partial charge in [0.25, 0.3) is 0 Å². The van der Waals surface area contributed by atoms with Gasteiger partial charge in [0.15, 0.2) is 0 Å². The average Bonchev–Trinajstić information content (AvgIpc) is 2.38. The molecular weight excluding hydrogens is 265 g/mol. The van der Waals surface area contributed by atoms with Crippen LogP contribution in [0.3, 0.4) is 0 Å². The van der Waals surface area contributed by atoms with Gasteiger partial charge >= 0.3 is 0 Å². The lowest BCUT2D eigenvalue weighted by atomic mass is 10.1. The van der Waals surface area contributed by atoms with E-state index in [9.17, 15) is 4.39 Å². The predicted octanol–water partition coefficient (Wildman–Crippen LogP) is 1.81. The Morgan fingerprint density at radius 2 is 2.16 bits per heavy atom. The third-order valence-corrected chi connectivity index (χ3v) is 4.05. The van der Waals surface area contributed by atoms with E-state index < -0.39 is 0 Å². The van der Waals surface area contributed by atoms with E-state index in [0.29, 0.717) is 17.6 Å². The number of nitrogens with one attached hydrogen (secondary N) is 1. The number of likely N-dealkylation sites (N-methyl/N-ethyl adjacent to an activating group) is 2. The van der Waals surface area contributed by atoms with E-state index in [1.165, 1.54) is 12.1 Å². The van der Waals surface area contributed by atoms with Gasteiger partial charge in [-0.15, -0.1) is 0 Å². The first-order valence-electron chi connectivity index (χ1n) is 6.59. The van der Waals surface area contributed by atoms with Gasteiger partial charge in [0.05, 0.1) is 0 Å². The van der Waals surface area contributed by atoms with E-state index >= 15 is 0 Å². The minimum Gasteiger partial charge on any atom is -0.311 e. The number of rotatable bonds is 4. The van der Waals surface area contributed by atoms with Crippen LogP contribution in [0.15, 0.2) is 18.2 Å². The highest BCUT2D eigenvalue weighted by molar-refractivity contribution is 6.31. The topological polar surface area (TPSA) is 18.5 Å². The zero-order valence-corrected chi connectivity index (χ0v) is 12.3. The van der Waals surface area contributed by atoms with E-state index in [0.717, 1.165) is 31.7 Å². The Kier molecular flexibility index (Phi) is 5.16. The van der Waals surface area contributed by atoms with Gasteiger partial charge in [0.2, 0.25) is 0 Å². The highest BCUT2D eigenvalue weighted by Crippen LogP contribution is 2.16. The summed E-state index contributed by atoms with van der Waals surface area (Å²) in [6.45, 7) is 4.74. The van der Waals surface area contributed by atoms with Gasteiger partial charge in [-0.05, 0) is 37.9 Å². The molecule has 0 bridgehead atoms. The molecule has 1 unspecified atom stereocenters. The fourth-order valence-corrected chi connectivity index (χ4v) is 2.56. The molecule has 1 aromatic rings. The second-order valence-corrected chi connectivity index (χ2v) is 5.67. The number of benzene rings is 1. The van der Waals surface area contributed by atoms with Crippen LogP contribution in [0, 0.1) is 5.82 Å². The van der Waals surface area contributed by atoms with Crippen molar-refractivity contribution in [3.05, 3.63) is 34.6 Å². The van der Waals surface area contributed by atoms with Crippen molar-refractivity contribution in [3.63, 3.8) is 0 Å². The molecule has 0 amide bonds. The number of piperazine rings is 1. The summed E-state index contributed by atoms with van der Waals surface area (Å²) in [7, 11) is 4.29. The number of hydrogen-bond donors (Lipinski definition) is 1. The Hall–Kier alpha value is -0.680. The van der Waals surface area contributed by atoms with Crippen molar-refractivity contribution in [2.75, 3.05) is 40.3 Å². The van der Waals surface area contributed by atoms with Crippen molar-refractivity contribution in [1.82, 2.24) is 15.1 Å². The molecule has 0 aromatic heterocycles. The molecule has 0 radical (unpaired) electrons. The van der Waals surface area contributed by atoms with Crippen LogP contribution in [0.25, 0.3) is 0 Å². The van der Waals surface area contributed by atoms with Gasteiger partial charge in [0.1, 0.15) is 5.82 Å². The van der Waals surface area contributed by atoms with Crippen molar-refractivity contribution < 1.29 is 4.39 Å². The standard InChI is InChI=1S/C14H21ClFN3/c1-18-5-6-19(2)13(10-18)9-17-8-11-7-12(16)3-4-14(11)15/h3-4,7,13,17H,5-6,8-10H2,1-2H3.